The number of nitrogen functional groups attached to an aromatic ring is 1. The van der Waals surface area contributed by atoms with Crippen LogP contribution in [-0.2, 0) is 11.3 Å². The highest BCUT2D eigenvalue weighted by atomic mass is 16.3. The molecule has 108 valence electrons. The number of fused-ring (bicyclic) bond motifs is 1. The third-order valence-electron chi connectivity index (χ3n) is 3.12. The molecule has 1 heterocycles. The second kappa shape index (κ2) is 5.92. The highest BCUT2D eigenvalue weighted by Crippen LogP contribution is 2.19. The number of rotatable bonds is 5. The van der Waals surface area contributed by atoms with Crippen LogP contribution in [0.4, 0.5) is 5.69 Å². The van der Waals surface area contributed by atoms with E-state index in [0.717, 1.165) is 12.1 Å². The monoisotopic (exact) mass is 276 g/mol. The van der Waals surface area contributed by atoms with Crippen LogP contribution in [0.3, 0.4) is 0 Å². The zero-order chi connectivity index (χ0) is 14.7. The Kier molecular flexibility index (Phi) is 4.24. The highest BCUT2D eigenvalue weighted by molar-refractivity contribution is 5.78. The maximum atomic E-state index is 11.7. The van der Waals surface area contributed by atoms with Gasteiger partial charge < -0.3 is 15.1 Å². The summed E-state index contributed by atoms with van der Waals surface area (Å²) < 4.78 is 5.67. The van der Waals surface area contributed by atoms with Gasteiger partial charge in [-0.3, -0.25) is 9.69 Å². The fourth-order valence-corrected chi connectivity index (χ4v) is 1.86. The van der Waals surface area contributed by atoms with Crippen LogP contribution in [0.25, 0.3) is 11.1 Å². The topological polar surface area (TPSA) is 75.6 Å². The number of amides is 1. The molecule has 0 saturated heterocycles. The summed E-state index contributed by atoms with van der Waals surface area (Å²) >= 11 is 0. The van der Waals surface area contributed by atoms with E-state index in [1.54, 1.807) is 31.1 Å². The SMILES string of the molecule is CCN(CC(=O)N(C)C)Cc1nc2ccc(N)cc2o1. The first-order chi connectivity index (χ1) is 9.49. The zero-order valence-corrected chi connectivity index (χ0v) is 12.1. The van der Waals surface area contributed by atoms with Gasteiger partial charge in [0.05, 0.1) is 13.1 Å². The van der Waals surface area contributed by atoms with Crippen LogP contribution in [0.1, 0.15) is 12.8 Å². The molecule has 0 aliphatic carbocycles. The van der Waals surface area contributed by atoms with Crippen molar-refractivity contribution in [2.24, 2.45) is 0 Å². The van der Waals surface area contributed by atoms with Crippen molar-refractivity contribution in [1.82, 2.24) is 14.8 Å². The molecule has 6 nitrogen and oxygen atoms in total. The molecule has 0 unspecified atom stereocenters. The normalized spacial score (nSPS) is 11.2. The number of aromatic nitrogens is 1. The average molecular weight is 276 g/mol. The summed E-state index contributed by atoms with van der Waals surface area (Å²) in [4.78, 5) is 19.7. The number of hydrogen-bond donors (Lipinski definition) is 1. The first kappa shape index (κ1) is 14.3. The quantitative estimate of drug-likeness (QED) is 0.834. The van der Waals surface area contributed by atoms with Gasteiger partial charge in [-0.1, -0.05) is 6.92 Å². The van der Waals surface area contributed by atoms with Crippen LogP contribution in [0.15, 0.2) is 22.6 Å². The van der Waals surface area contributed by atoms with Crippen molar-refractivity contribution >= 4 is 22.7 Å². The summed E-state index contributed by atoms with van der Waals surface area (Å²) in [5.74, 6) is 0.659. The predicted octanol–water partition coefficient (Wildman–Crippen LogP) is 1.32. The van der Waals surface area contributed by atoms with Crippen LogP contribution in [0.2, 0.25) is 0 Å². The smallest absolute Gasteiger partial charge is 0.236 e. The van der Waals surface area contributed by atoms with Crippen LogP contribution < -0.4 is 5.73 Å². The molecule has 0 spiro atoms. The number of nitrogens with zero attached hydrogens (tertiary/aromatic N) is 3. The molecule has 1 aromatic carbocycles. The Morgan fingerprint density at radius 2 is 2.15 bits per heavy atom. The van der Waals surface area contributed by atoms with Crippen molar-refractivity contribution in [3.63, 3.8) is 0 Å². The van der Waals surface area contributed by atoms with Gasteiger partial charge in [-0.05, 0) is 18.7 Å². The number of carbonyl (C=O) groups is 1. The summed E-state index contributed by atoms with van der Waals surface area (Å²) in [6.45, 7) is 3.61. The Hall–Kier alpha value is -2.08. The number of benzene rings is 1. The maximum absolute atomic E-state index is 11.7. The second-order valence-corrected chi connectivity index (χ2v) is 4.93. The van der Waals surface area contributed by atoms with E-state index in [1.165, 1.54) is 0 Å². The van der Waals surface area contributed by atoms with Gasteiger partial charge in [-0.2, -0.15) is 0 Å². The molecular weight excluding hydrogens is 256 g/mol. The van der Waals surface area contributed by atoms with E-state index in [-0.39, 0.29) is 5.91 Å². The third kappa shape index (κ3) is 3.27. The lowest BCUT2D eigenvalue weighted by Crippen LogP contribution is -2.36. The van der Waals surface area contributed by atoms with Gasteiger partial charge in [-0.25, -0.2) is 4.98 Å². The standard InChI is InChI=1S/C14H20N4O2/c1-4-18(9-14(19)17(2)3)8-13-16-11-6-5-10(15)7-12(11)20-13/h5-7H,4,8-9,15H2,1-3H3. The second-order valence-electron chi connectivity index (χ2n) is 4.93. The Labute approximate surface area is 118 Å². The Bertz CT molecular complexity index is 606. The minimum absolute atomic E-state index is 0.0622. The lowest BCUT2D eigenvalue weighted by atomic mass is 10.3. The number of likely N-dealkylation sites (N-methyl/N-ethyl adjacent to an activating group) is 2. The van der Waals surface area contributed by atoms with Crippen LogP contribution in [-0.4, -0.2) is 47.9 Å². The highest BCUT2D eigenvalue weighted by Gasteiger charge is 2.14. The molecule has 2 aromatic rings. The van der Waals surface area contributed by atoms with Gasteiger partial charge in [0.25, 0.3) is 0 Å². The fourth-order valence-electron chi connectivity index (χ4n) is 1.86. The van der Waals surface area contributed by atoms with Crippen molar-refractivity contribution in [3.8, 4) is 0 Å². The summed E-state index contributed by atoms with van der Waals surface area (Å²) in [7, 11) is 3.50. The Balaban J connectivity index is 2.11. The largest absolute Gasteiger partial charge is 0.439 e. The Morgan fingerprint density at radius 1 is 1.40 bits per heavy atom. The van der Waals surface area contributed by atoms with E-state index in [1.807, 2.05) is 17.9 Å². The van der Waals surface area contributed by atoms with E-state index >= 15 is 0 Å². The lowest BCUT2D eigenvalue weighted by Gasteiger charge is -2.20. The average Bonchev–Trinajstić information content (AvgIpc) is 2.78. The summed E-state index contributed by atoms with van der Waals surface area (Å²) in [6.07, 6.45) is 0. The minimum Gasteiger partial charge on any atom is -0.439 e. The van der Waals surface area contributed by atoms with E-state index in [9.17, 15) is 4.79 Å². The molecule has 0 aliphatic rings. The van der Waals surface area contributed by atoms with E-state index in [4.69, 9.17) is 10.2 Å². The summed E-state index contributed by atoms with van der Waals surface area (Å²) in [6, 6.07) is 5.38. The molecule has 20 heavy (non-hydrogen) atoms. The molecule has 0 aliphatic heterocycles. The van der Waals surface area contributed by atoms with Gasteiger partial charge in [0.1, 0.15) is 5.52 Å². The first-order valence-corrected chi connectivity index (χ1v) is 6.57. The maximum Gasteiger partial charge on any atom is 0.236 e. The molecule has 0 radical (unpaired) electrons. The van der Waals surface area contributed by atoms with Crippen molar-refractivity contribution in [1.29, 1.82) is 0 Å². The van der Waals surface area contributed by atoms with Crippen molar-refractivity contribution < 1.29 is 9.21 Å². The molecule has 0 atom stereocenters. The predicted molar refractivity (Wildman–Crippen MR) is 78.1 cm³/mol. The molecule has 2 rings (SSSR count). The minimum atomic E-state index is 0.0622. The number of carbonyl (C=O) groups excluding carboxylic acids is 1. The molecule has 1 aromatic heterocycles. The number of anilines is 1. The van der Waals surface area contributed by atoms with E-state index in [0.29, 0.717) is 30.3 Å². The van der Waals surface area contributed by atoms with Crippen LogP contribution >= 0.6 is 0 Å². The third-order valence-corrected chi connectivity index (χ3v) is 3.12. The molecule has 0 fully saturated rings. The summed E-state index contributed by atoms with van der Waals surface area (Å²) in [5, 5.41) is 0. The number of hydrogen-bond acceptors (Lipinski definition) is 5. The van der Waals surface area contributed by atoms with Crippen molar-refractivity contribution in [2.45, 2.75) is 13.5 Å². The van der Waals surface area contributed by atoms with Crippen molar-refractivity contribution in [2.75, 3.05) is 32.9 Å². The van der Waals surface area contributed by atoms with Crippen molar-refractivity contribution in [3.05, 3.63) is 24.1 Å². The first-order valence-electron chi connectivity index (χ1n) is 6.57. The van der Waals surface area contributed by atoms with Gasteiger partial charge in [0.2, 0.25) is 11.8 Å². The molecule has 6 heteroatoms. The number of nitrogens with two attached hydrogens (primary N) is 1. The molecule has 2 N–H and O–H groups in total. The van der Waals surface area contributed by atoms with Gasteiger partial charge in [-0.15, -0.1) is 0 Å². The van der Waals surface area contributed by atoms with Gasteiger partial charge in [0.15, 0.2) is 5.58 Å². The van der Waals surface area contributed by atoms with E-state index in [2.05, 4.69) is 4.98 Å². The summed E-state index contributed by atoms with van der Waals surface area (Å²) in [5.41, 5.74) is 7.82. The zero-order valence-electron chi connectivity index (χ0n) is 12.1. The van der Waals surface area contributed by atoms with Crippen LogP contribution in [0.5, 0.6) is 0 Å². The van der Waals surface area contributed by atoms with E-state index < -0.39 is 0 Å². The molecular formula is C14H20N4O2. The Morgan fingerprint density at radius 3 is 2.80 bits per heavy atom. The van der Waals surface area contributed by atoms with Gasteiger partial charge in [0, 0.05) is 25.8 Å². The number of oxazole rings is 1. The lowest BCUT2D eigenvalue weighted by molar-refractivity contribution is -0.130. The fraction of sp³-hybridized carbons (Fsp3) is 0.429. The van der Waals surface area contributed by atoms with Crippen LogP contribution in [0, 0.1) is 0 Å². The molecule has 0 bridgehead atoms. The van der Waals surface area contributed by atoms with Gasteiger partial charge >= 0.3 is 0 Å². The molecule has 1 amide bonds. The molecule has 0 saturated carbocycles.